The molecule has 3 aliphatic rings. The number of carboxylic acids is 1. The van der Waals surface area contributed by atoms with Crippen molar-refractivity contribution in [2.75, 3.05) is 6.61 Å². The van der Waals surface area contributed by atoms with E-state index in [1.165, 1.54) is 11.6 Å². The maximum Gasteiger partial charge on any atom is 0.335 e. The van der Waals surface area contributed by atoms with Crippen LogP contribution in [-0.4, -0.2) is 55.3 Å². The summed E-state index contributed by atoms with van der Waals surface area (Å²) in [6, 6.07) is 17.6. The van der Waals surface area contributed by atoms with Gasteiger partial charge in [-0.1, -0.05) is 18.2 Å². The summed E-state index contributed by atoms with van der Waals surface area (Å²) >= 11 is 0. The van der Waals surface area contributed by atoms with Crippen LogP contribution in [0, 0.1) is 17.1 Å². The Hall–Kier alpha value is -4.59. The van der Waals surface area contributed by atoms with Crippen molar-refractivity contribution < 1.29 is 23.8 Å². The largest absolute Gasteiger partial charge is 0.478 e. The van der Waals surface area contributed by atoms with Crippen LogP contribution in [0.5, 0.6) is 5.88 Å². The first-order valence-electron chi connectivity index (χ1n) is 14.5. The topological polar surface area (TPSA) is 114 Å². The Morgan fingerprint density at radius 1 is 1.14 bits per heavy atom. The molecule has 10 heteroatoms. The average Bonchev–Trinajstić information content (AvgIpc) is 3.44. The van der Waals surface area contributed by atoms with Crippen molar-refractivity contribution in [3.63, 3.8) is 0 Å². The van der Waals surface area contributed by atoms with E-state index in [1.807, 2.05) is 18.2 Å². The highest BCUT2D eigenvalue weighted by molar-refractivity contribution is 5.92. The van der Waals surface area contributed by atoms with E-state index in [0.29, 0.717) is 30.6 Å². The van der Waals surface area contributed by atoms with Gasteiger partial charge in [-0.25, -0.2) is 19.2 Å². The van der Waals surface area contributed by atoms with E-state index < -0.39 is 11.8 Å². The molecule has 2 bridgehead atoms. The fourth-order valence-electron chi connectivity index (χ4n) is 6.34. The number of carboxylic acid groups (broad SMARTS) is 1. The normalized spacial score (nSPS) is 21.3. The summed E-state index contributed by atoms with van der Waals surface area (Å²) in [5, 5.41) is 18.5. The molecule has 4 aromatic rings. The van der Waals surface area contributed by atoms with Crippen LogP contribution in [0.25, 0.3) is 16.6 Å². The summed E-state index contributed by atoms with van der Waals surface area (Å²) in [4.78, 5) is 23.8. The number of hydrogen-bond acceptors (Lipinski definition) is 7. The van der Waals surface area contributed by atoms with Crippen LogP contribution in [0.1, 0.15) is 58.7 Å². The predicted molar refractivity (Wildman–Crippen MR) is 156 cm³/mol. The minimum absolute atomic E-state index is 0.0208. The van der Waals surface area contributed by atoms with Gasteiger partial charge >= 0.3 is 5.97 Å². The second-order valence-corrected chi connectivity index (χ2v) is 11.4. The molecule has 0 spiro atoms. The Morgan fingerprint density at radius 2 is 2.02 bits per heavy atom. The Balaban J connectivity index is 1.10. The lowest BCUT2D eigenvalue weighted by Gasteiger charge is -2.34. The second-order valence-electron chi connectivity index (χ2n) is 11.4. The van der Waals surface area contributed by atoms with Crippen molar-refractivity contribution in [1.29, 1.82) is 5.26 Å². The number of fused-ring (bicyclic) bond motifs is 3. The van der Waals surface area contributed by atoms with Crippen molar-refractivity contribution in [3.05, 3.63) is 94.7 Å². The maximum atomic E-state index is 14.3. The highest BCUT2D eigenvalue weighted by Crippen LogP contribution is 2.39. The fraction of sp³-hybridized carbons (Fsp3) is 0.333. The van der Waals surface area contributed by atoms with E-state index in [-0.39, 0.29) is 29.9 Å². The zero-order valence-electron chi connectivity index (χ0n) is 23.4. The third-order valence-corrected chi connectivity index (χ3v) is 8.73. The number of aromatic carboxylic acids is 1. The predicted octanol–water partition coefficient (Wildman–Crippen LogP) is 5.33. The first kappa shape index (κ1) is 27.3. The standard InChI is InChI=1S/C33H30FN5O4/c34-27-12-20(16-35)4-5-22(27)19-43-32-3-1-2-28(37-32)23-13-24-7-8-25(14-23)38(24)18-31-36-29-9-6-21(33(40)41)15-30(29)39(31)17-26-10-11-42-26/h1-6,9,12-13,15,24-26H,7-8,10-11,14,17-19H2,(H,40,41)/t24?,25-,26-/m0/s1. The van der Waals surface area contributed by atoms with E-state index >= 15 is 0 Å². The number of imidazole rings is 1. The Kier molecular flexibility index (Phi) is 7.13. The molecule has 2 aromatic carbocycles. The second kappa shape index (κ2) is 11.2. The summed E-state index contributed by atoms with van der Waals surface area (Å²) < 4.78 is 28.0. The van der Waals surface area contributed by atoms with Crippen molar-refractivity contribution in [3.8, 4) is 11.9 Å². The number of benzene rings is 2. The van der Waals surface area contributed by atoms with Gasteiger partial charge in [0.05, 0.1) is 53.1 Å². The lowest BCUT2D eigenvalue weighted by Crippen LogP contribution is -2.39. The number of nitriles is 1. The van der Waals surface area contributed by atoms with E-state index in [4.69, 9.17) is 24.7 Å². The zero-order chi connectivity index (χ0) is 29.5. The number of hydrogen-bond donors (Lipinski definition) is 1. The van der Waals surface area contributed by atoms with Crippen molar-refractivity contribution in [2.45, 2.75) is 63.6 Å². The molecule has 7 rings (SSSR count). The number of pyridine rings is 1. The van der Waals surface area contributed by atoms with Crippen molar-refractivity contribution in [2.24, 2.45) is 0 Å². The van der Waals surface area contributed by atoms with Crippen LogP contribution in [0.2, 0.25) is 0 Å². The van der Waals surface area contributed by atoms with E-state index in [0.717, 1.165) is 54.8 Å². The molecule has 1 N–H and O–H groups in total. The summed E-state index contributed by atoms with van der Waals surface area (Å²) in [7, 11) is 0. The molecule has 0 amide bonds. The summed E-state index contributed by atoms with van der Waals surface area (Å²) in [5.41, 5.74) is 4.53. The first-order chi connectivity index (χ1) is 20.9. The number of carbonyl (C=O) groups is 1. The molecule has 1 unspecified atom stereocenters. The van der Waals surface area contributed by atoms with Gasteiger partial charge in [0.1, 0.15) is 18.2 Å². The molecule has 43 heavy (non-hydrogen) atoms. The minimum atomic E-state index is -0.952. The van der Waals surface area contributed by atoms with Crippen LogP contribution in [0.3, 0.4) is 0 Å². The SMILES string of the molecule is N#Cc1ccc(COc2cccc(C3=CC4CC[C@@H](C3)N4Cc3nc4ccc(C(=O)O)cc4n3C[C@@H]3CCO3)n2)c(F)c1. The first-order valence-corrected chi connectivity index (χ1v) is 14.5. The Morgan fingerprint density at radius 3 is 2.77 bits per heavy atom. The summed E-state index contributed by atoms with van der Waals surface area (Å²) in [6.07, 6.45) is 6.33. The van der Waals surface area contributed by atoms with E-state index in [9.17, 15) is 14.3 Å². The van der Waals surface area contributed by atoms with Crippen LogP contribution in [0.15, 0.2) is 60.7 Å². The molecular weight excluding hydrogens is 549 g/mol. The number of rotatable bonds is 9. The summed E-state index contributed by atoms with van der Waals surface area (Å²) in [6.45, 7) is 2.09. The minimum Gasteiger partial charge on any atom is -0.478 e. The molecular formula is C33H30FN5O4. The molecule has 0 saturated carbocycles. The third kappa shape index (κ3) is 5.38. The number of ether oxygens (including phenoxy) is 2. The van der Waals surface area contributed by atoms with Gasteiger partial charge < -0.3 is 19.1 Å². The van der Waals surface area contributed by atoms with E-state index in [2.05, 4.69) is 15.5 Å². The van der Waals surface area contributed by atoms with Gasteiger partial charge in [-0.05, 0) is 67.7 Å². The Bertz CT molecular complexity index is 1790. The quantitative estimate of drug-likeness (QED) is 0.283. The number of halogens is 1. The van der Waals surface area contributed by atoms with Gasteiger partial charge in [-0.3, -0.25) is 4.90 Å². The van der Waals surface area contributed by atoms with E-state index in [1.54, 1.807) is 36.4 Å². The molecule has 2 fully saturated rings. The van der Waals surface area contributed by atoms with Crippen LogP contribution >= 0.6 is 0 Å². The molecule has 5 heterocycles. The molecule has 218 valence electrons. The molecule has 0 radical (unpaired) electrons. The lowest BCUT2D eigenvalue weighted by atomic mass is 9.98. The van der Waals surface area contributed by atoms with Gasteiger partial charge in [0.15, 0.2) is 0 Å². The number of nitrogens with zero attached hydrogens (tertiary/aromatic N) is 5. The van der Waals surface area contributed by atoms with Gasteiger partial charge in [-0.15, -0.1) is 0 Å². The van der Waals surface area contributed by atoms with Crippen LogP contribution < -0.4 is 4.74 Å². The molecule has 0 aliphatic carbocycles. The third-order valence-electron chi connectivity index (χ3n) is 8.73. The zero-order valence-corrected chi connectivity index (χ0v) is 23.4. The fourth-order valence-corrected chi connectivity index (χ4v) is 6.34. The Labute approximate surface area is 247 Å². The molecule has 3 atom stereocenters. The van der Waals surface area contributed by atoms with Gasteiger partial charge in [0, 0.05) is 30.3 Å². The van der Waals surface area contributed by atoms with Gasteiger partial charge in [-0.2, -0.15) is 5.26 Å². The average molecular weight is 580 g/mol. The molecule has 2 aromatic heterocycles. The molecule has 9 nitrogen and oxygen atoms in total. The highest BCUT2D eigenvalue weighted by atomic mass is 19.1. The lowest BCUT2D eigenvalue weighted by molar-refractivity contribution is -0.0592. The molecule has 3 aliphatic heterocycles. The number of aromatic nitrogens is 3. The van der Waals surface area contributed by atoms with Crippen molar-refractivity contribution in [1.82, 2.24) is 19.4 Å². The van der Waals surface area contributed by atoms with Gasteiger partial charge in [0.25, 0.3) is 0 Å². The monoisotopic (exact) mass is 579 g/mol. The van der Waals surface area contributed by atoms with Crippen molar-refractivity contribution >= 4 is 22.6 Å². The maximum absolute atomic E-state index is 14.3. The van der Waals surface area contributed by atoms with Gasteiger partial charge in [0.2, 0.25) is 5.88 Å². The molecule has 2 saturated heterocycles. The smallest absolute Gasteiger partial charge is 0.335 e. The van der Waals surface area contributed by atoms with Crippen LogP contribution in [-0.2, 0) is 24.4 Å². The summed E-state index contributed by atoms with van der Waals surface area (Å²) in [5.74, 6) is -0.0831. The van der Waals surface area contributed by atoms with Crippen LogP contribution in [0.4, 0.5) is 4.39 Å². The highest BCUT2D eigenvalue weighted by Gasteiger charge is 2.38.